The average Bonchev–Trinajstić information content (AvgIpc) is 2.96. The molecule has 1 heterocycles. The van der Waals surface area contributed by atoms with Gasteiger partial charge < -0.3 is 19.9 Å². The molecule has 7 heteroatoms. The zero-order valence-electron chi connectivity index (χ0n) is 15.8. The third kappa shape index (κ3) is 5.47. The van der Waals surface area contributed by atoms with Crippen molar-refractivity contribution in [3.05, 3.63) is 47.1 Å². The molecule has 0 aliphatic heterocycles. The van der Waals surface area contributed by atoms with Crippen molar-refractivity contribution in [1.82, 2.24) is 15.8 Å². The second-order valence-electron chi connectivity index (χ2n) is 6.01. The molecule has 0 fully saturated rings. The highest BCUT2D eigenvalue weighted by molar-refractivity contribution is 5.79. The van der Waals surface area contributed by atoms with E-state index in [0.29, 0.717) is 19.0 Å². The summed E-state index contributed by atoms with van der Waals surface area (Å²) in [4.78, 5) is 4.21. The standard InChI is InChI=1S/C19H27FN4O2/c1-5-15(25-18-9-7-6-8-17(18)20)12-23-19(21-4)22-11-10-16-13(2)24-26-14(16)3/h6-9,15H,5,10-12H2,1-4H3,(H2,21,22,23). The molecule has 0 aliphatic carbocycles. The third-order valence-corrected chi connectivity index (χ3v) is 4.16. The van der Waals surface area contributed by atoms with E-state index in [1.807, 2.05) is 20.8 Å². The minimum absolute atomic E-state index is 0.159. The van der Waals surface area contributed by atoms with Crippen LogP contribution in [0, 0.1) is 19.7 Å². The van der Waals surface area contributed by atoms with Crippen molar-refractivity contribution in [3.63, 3.8) is 0 Å². The van der Waals surface area contributed by atoms with Gasteiger partial charge in [0.05, 0.1) is 12.2 Å². The Hall–Kier alpha value is -2.57. The predicted molar refractivity (Wildman–Crippen MR) is 100 cm³/mol. The van der Waals surface area contributed by atoms with E-state index in [1.54, 1.807) is 25.2 Å². The molecule has 26 heavy (non-hydrogen) atoms. The van der Waals surface area contributed by atoms with Crippen molar-refractivity contribution < 1.29 is 13.7 Å². The zero-order chi connectivity index (χ0) is 18.9. The molecule has 0 aliphatic rings. The second kappa shape index (κ2) is 9.79. The average molecular weight is 362 g/mol. The molecular formula is C19H27FN4O2. The summed E-state index contributed by atoms with van der Waals surface area (Å²) >= 11 is 0. The Bertz CT molecular complexity index is 711. The first-order valence-corrected chi connectivity index (χ1v) is 8.82. The maximum atomic E-state index is 13.7. The first-order chi connectivity index (χ1) is 12.5. The van der Waals surface area contributed by atoms with E-state index in [-0.39, 0.29) is 17.7 Å². The molecule has 0 amide bonds. The van der Waals surface area contributed by atoms with E-state index < -0.39 is 0 Å². The van der Waals surface area contributed by atoms with Crippen LogP contribution in [0.15, 0.2) is 33.8 Å². The van der Waals surface area contributed by atoms with Gasteiger partial charge in [0.1, 0.15) is 11.9 Å². The third-order valence-electron chi connectivity index (χ3n) is 4.16. The van der Waals surface area contributed by atoms with Gasteiger partial charge in [-0.3, -0.25) is 4.99 Å². The van der Waals surface area contributed by atoms with Crippen LogP contribution in [0.1, 0.15) is 30.4 Å². The highest BCUT2D eigenvalue weighted by Crippen LogP contribution is 2.17. The van der Waals surface area contributed by atoms with Crippen LogP contribution in [0.5, 0.6) is 5.75 Å². The molecule has 1 aromatic heterocycles. The zero-order valence-corrected chi connectivity index (χ0v) is 15.8. The number of aliphatic imine (C=N–C) groups is 1. The Kier molecular flexibility index (Phi) is 7.44. The molecule has 0 radical (unpaired) electrons. The van der Waals surface area contributed by atoms with Crippen LogP contribution >= 0.6 is 0 Å². The first-order valence-electron chi connectivity index (χ1n) is 8.82. The molecular weight excluding hydrogens is 335 g/mol. The number of aromatic nitrogens is 1. The number of nitrogens with zero attached hydrogens (tertiary/aromatic N) is 2. The second-order valence-corrected chi connectivity index (χ2v) is 6.01. The summed E-state index contributed by atoms with van der Waals surface area (Å²) < 4.78 is 24.6. The van der Waals surface area contributed by atoms with Gasteiger partial charge in [-0.2, -0.15) is 0 Å². The Balaban J connectivity index is 1.80. The summed E-state index contributed by atoms with van der Waals surface area (Å²) in [5.74, 6) is 1.43. The normalized spacial score (nSPS) is 12.7. The quantitative estimate of drug-likeness (QED) is 0.558. The van der Waals surface area contributed by atoms with E-state index in [9.17, 15) is 4.39 Å². The van der Waals surface area contributed by atoms with E-state index in [0.717, 1.165) is 29.9 Å². The maximum absolute atomic E-state index is 13.7. The van der Waals surface area contributed by atoms with Crippen molar-refractivity contribution in [3.8, 4) is 5.75 Å². The number of benzene rings is 1. The van der Waals surface area contributed by atoms with Crippen LogP contribution in [0.4, 0.5) is 4.39 Å². The van der Waals surface area contributed by atoms with Crippen LogP contribution in [-0.4, -0.2) is 37.4 Å². The number of rotatable bonds is 8. The molecule has 2 aromatic rings. The number of hydrogen-bond donors (Lipinski definition) is 2. The minimum Gasteiger partial charge on any atom is -0.486 e. The fourth-order valence-corrected chi connectivity index (χ4v) is 2.59. The summed E-state index contributed by atoms with van der Waals surface area (Å²) in [7, 11) is 1.71. The van der Waals surface area contributed by atoms with E-state index >= 15 is 0 Å². The molecule has 2 N–H and O–H groups in total. The number of hydrogen-bond acceptors (Lipinski definition) is 4. The van der Waals surface area contributed by atoms with Gasteiger partial charge in [-0.15, -0.1) is 0 Å². The topological polar surface area (TPSA) is 71.7 Å². The molecule has 1 unspecified atom stereocenters. The minimum atomic E-state index is -0.354. The lowest BCUT2D eigenvalue weighted by atomic mass is 10.1. The van der Waals surface area contributed by atoms with Crippen LogP contribution in [0.3, 0.4) is 0 Å². The molecule has 1 atom stereocenters. The van der Waals surface area contributed by atoms with E-state index in [2.05, 4.69) is 20.8 Å². The van der Waals surface area contributed by atoms with Crippen LogP contribution in [-0.2, 0) is 6.42 Å². The largest absolute Gasteiger partial charge is 0.486 e. The van der Waals surface area contributed by atoms with E-state index in [4.69, 9.17) is 9.26 Å². The van der Waals surface area contributed by atoms with Gasteiger partial charge in [0.2, 0.25) is 0 Å². The van der Waals surface area contributed by atoms with Crippen molar-refractivity contribution in [2.75, 3.05) is 20.1 Å². The van der Waals surface area contributed by atoms with Gasteiger partial charge in [-0.25, -0.2) is 4.39 Å². The Morgan fingerprint density at radius 3 is 2.69 bits per heavy atom. The molecule has 0 saturated heterocycles. The number of halogens is 1. The lowest BCUT2D eigenvalue weighted by Crippen LogP contribution is -2.43. The molecule has 2 rings (SSSR count). The first kappa shape index (κ1) is 19.8. The Morgan fingerprint density at radius 2 is 2.08 bits per heavy atom. The Morgan fingerprint density at radius 1 is 1.31 bits per heavy atom. The van der Waals surface area contributed by atoms with Gasteiger partial charge in [0.15, 0.2) is 17.5 Å². The SMILES string of the molecule is CCC(CNC(=NC)NCCc1c(C)noc1C)Oc1ccccc1F. The van der Waals surface area contributed by atoms with E-state index in [1.165, 1.54) is 6.07 Å². The van der Waals surface area contributed by atoms with Gasteiger partial charge in [-0.05, 0) is 38.8 Å². The summed E-state index contributed by atoms with van der Waals surface area (Å²) in [5.41, 5.74) is 2.03. The van der Waals surface area contributed by atoms with Crippen LogP contribution in [0.25, 0.3) is 0 Å². The lowest BCUT2D eigenvalue weighted by Gasteiger charge is -2.20. The summed E-state index contributed by atoms with van der Waals surface area (Å²) in [6, 6.07) is 6.43. The highest BCUT2D eigenvalue weighted by atomic mass is 19.1. The monoisotopic (exact) mass is 362 g/mol. The highest BCUT2D eigenvalue weighted by Gasteiger charge is 2.12. The van der Waals surface area contributed by atoms with Crippen LogP contribution in [0.2, 0.25) is 0 Å². The van der Waals surface area contributed by atoms with Gasteiger partial charge >= 0.3 is 0 Å². The molecule has 0 bridgehead atoms. The summed E-state index contributed by atoms with van der Waals surface area (Å²) in [5, 5.41) is 10.4. The van der Waals surface area contributed by atoms with Crippen molar-refractivity contribution in [2.24, 2.45) is 4.99 Å². The smallest absolute Gasteiger partial charge is 0.191 e. The predicted octanol–water partition coefficient (Wildman–Crippen LogP) is 3.00. The maximum Gasteiger partial charge on any atom is 0.191 e. The number of para-hydroxylation sites is 1. The number of ether oxygens (including phenoxy) is 1. The van der Waals surface area contributed by atoms with Crippen LogP contribution < -0.4 is 15.4 Å². The van der Waals surface area contributed by atoms with Gasteiger partial charge in [-0.1, -0.05) is 24.2 Å². The lowest BCUT2D eigenvalue weighted by molar-refractivity contribution is 0.191. The molecule has 6 nitrogen and oxygen atoms in total. The summed E-state index contributed by atoms with van der Waals surface area (Å²) in [6.45, 7) is 7.07. The number of aryl methyl sites for hydroxylation is 2. The summed E-state index contributed by atoms with van der Waals surface area (Å²) in [6.07, 6.45) is 1.38. The van der Waals surface area contributed by atoms with Gasteiger partial charge in [0, 0.05) is 19.2 Å². The fourth-order valence-electron chi connectivity index (χ4n) is 2.59. The number of guanidine groups is 1. The van der Waals surface area contributed by atoms with Crippen molar-refractivity contribution >= 4 is 5.96 Å². The van der Waals surface area contributed by atoms with Gasteiger partial charge in [0.25, 0.3) is 0 Å². The molecule has 0 spiro atoms. The molecule has 0 saturated carbocycles. The van der Waals surface area contributed by atoms with Crippen molar-refractivity contribution in [1.29, 1.82) is 0 Å². The van der Waals surface area contributed by atoms with Crippen molar-refractivity contribution in [2.45, 2.75) is 39.7 Å². The molecule has 1 aromatic carbocycles. The molecule has 142 valence electrons. The fraction of sp³-hybridized carbons (Fsp3) is 0.474. The Labute approximate surface area is 153 Å². The number of nitrogens with one attached hydrogen (secondary N) is 2.